The van der Waals surface area contributed by atoms with E-state index in [2.05, 4.69) is 10.1 Å². The van der Waals surface area contributed by atoms with Gasteiger partial charge in [-0.25, -0.2) is 4.68 Å². The Labute approximate surface area is 99.8 Å². The highest BCUT2D eigenvalue weighted by Gasteiger charge is 2.33. The molecule has 10 heteroatoms. The Balaban J connectivity index is 2.63. The third kappa shape index (κ3) is 2.25. The number of halogens is 7. The largest absolute Gasteiger partial charge is 0.419 e. The maximum Gasteiger partial charge on any atom is 0.419 e. The summed E-state index contributed by atoms with van der Waals surface area (Å²) < 4.78 is 88.9. The summed E-state index contributed by atoms with van der Waals surface area (Å²) in [5, 5.41) is 3.01. The van der Waals surface area contributed by atoms with Crippen LogP contribution in [0.3, 0.4) is 0 Å². The van der Waals surface area contributed by atoms with Crippen LogP contribution >= 0.6 is 0 Å². The second-order valence-corrected chi connectivity index (χ2v) is 3.34. The van der Waals surface area contributed by atoms with Crippen molar-refractivity contribution in [2.45, 2.75) is 6.18 Å². The molecule has 2 aromatic heterocycles. The Morgan fingerprint density at radius 2 is 1.47 bits per heavy atom. The number of rotatable bonds is 1. The summed E-state index contributed by atoms with van der Waals surface area (Å²) in [5.74, 6) is -7.87. The first kappa shape index (κ1) is 13.3. The number of nitrogens with zero attached hydrogens (tertiary/aromatic N) is 3. The minimum atomic E-state index is -4.81. The van der Waals surface area contributed by atoms with Crippen LogP contribution < -0.4 is 0 Å². The third-order valence-electron chi connectivity index (χ3n) is 2.11. The van der Waals surface area contributed by atoms with Crippen molar-refractivity contribution < 1.29 is 30.7 Å². The quantitative estimate of drug-likeness (QED) is 0.596. The van der Waals surface area contributed by atoms with Gasteiger partial charge in [0.1, 0.15) is 5.69 Å². The molecule has 3 nitrogen and oxygen atoms in total. The van der Waals surface area contributed by atoms with Crippen LogP contribution in [-0.2, 0) is 6.18 Å². The molecule has 0 N–H and O–H groups in total. The van der Waals surface area contributed by atoms with Crippen molar-refractivity contribution in [3.63, 3.8) is 0 Å². The van der Waals surface area contributed by atoms with E-state index in [1.807, 2.05) is 0 Å². The Hall–Kier alpha value is -2.13. The molecule has 0 radical (unpaired) electrons. The lowest BCUT2D eigenvalue weighted by Crippen LogP contribution is -2.09. The lowest BCUT2D eigenvalue weighted by atomic mass is 10.3. The molecule has 2 aromatic rings. The van der Waals surface area contributed by atoms with Crippen molar-refractivity contribution in [3.8, 4) is 5.69 Å². The molecule has 0 aliphatic heterocycles. The van der Waals surface area contributed by atoms with Gasteiger partial charge in [-0.15, -0.1) is 0 Å². The molecule has 0 bridgehead atoms. The molecule has 0 aliphatic rings. The van der Waals surface area contributed by atoms with Gasteiger partial charge in [-0.05, 0) is 0 Å². The zero-order valence-corrected chi connectivity index (χ0v) is 8.64. The fourth-order valence-electron chi connectivity index (χ4n) is 1.27. The van der Waals surface area contributed by atoms with E-state index in [1.54, 1.807) is 0 Å². The van der Waals surface area contributed by atoms with Crippen molar-refractivity contribution in [2.24, 2.45) is 0 Å². The molecule has 19 heavy (non-hydrogen) atoms. The standard InChI is InChI=1S/C9H2F7N3/c10-4-6(5(11)8(13)18-7(4)12)19-2-3(1-17-19)9(14,15)16/h1-2H. The molecule has 2 rings (SSSR count). The highest BCUT2D eigenvalue weighted by atomic mass is 19.4. The summed E-state index contributed by atoms with van der Waals surface area (Å²) in [5.41, 5.74) is -2.75. The van der Waals surface area contributed by atoms with E-state index in [0.29, 0.717) is 0 Å². The van der Waals surface area contributed by atoms with Crippen LogP contribution in [-0.4, -0.2) is 14.8 Å². The van der Waals surface area contributed by atoms with Crippen LogP contribution in [0.15, 0.2) is 12.4 Å². The van der Waals surface area contributed by atoms with E-state index in [9.17, 15) is 30.7 Å². The molecular formula is C9H2F7N3. The van der Waals surface area contributed by atoms with Crippen LogP contribution in [0, 0.1) is 23.5 Å². The predicted octanol–water partition coefficient (Wildman–Crippen LogP) is 2.84. The minimum absolute atomic E-state index is 0.0430. The van der Waals surface area contributed by atoms with Gasteiger partial charge in [-0.2, -0.15) is 40.8 Å². The second kappa shape index (κ2) is 4.21. The van der Waals surface area contributed by atoms with Gasteiger partial charge >= 0.3 is 6.18 Å². The first-order chi connectivity index (χ1) is 8.71. The van der Waals surface area contributed by atoms with Gasteiger partial charge in [0, 0.05) is 6.20 Å². The lowest BCUT2D eigenvalue weighted by molar-refractivity contribution is -0.137. The first-order valence-corrected chi connectivity index (χ1v) is 4.54. The molecule has 0 atom stereocenters. The molecular weight excluding hydrogens is 283 g/mol. The zero-order chi connectivity index (χ0) is 14.4. The van der Waals surface area contributed by atoms with E-state index in [-0.39, 0.29) is 17.1 Å². The number of hydrogen-bond acceptors (Lipinski definition) is 2. The van der Waals surface area contributed by atoms with Crippen LogP contribution in [0.25, 0.3) is 5.69 Å². The number of pyridine rings is 1. The number of aromatic nitrogens is 3. The topological polar surface area (TPSA) is 30.7 Å². The summed E-state index contributed by atoms with van der Waals surface area (Å²) >= 11 is 0. The Morgan fingerprint density at radius 1 is 0.947 bits per heavy atom. The molecule has 0 aromatic carbocycles. The third-order valence-corrected chi connectivity index (χ3v) is 2.11. The van der Waals surface area contributed by atoms with Crippen LogP contribution in [0.1, 0.15) is 5.56 Å². The van der Waals surface area contributed by atoms with Crippen molar-refractivity contribution in [1.82, 2.24) is 14.8 Å². The summed E-state index contributed by atoms with van der Waals surface area (Å²) in [4.78, 5) is 2.27. The van der Waals surface area contributed by atoms with E-state index in [0.717, 1.165) is 0 Å². The van der Waals surface area contributed by atoms with Crippen LogP contribution in [0.2, 0.25) is 0 Å². The zero-order valence-electron chi connectivity index (χ0n) is 8.64. The smallest absolute Gasteiger partial charge is 0.234 e. The monoisotopic (exact) mass is 285 g/mol. The second-order valence-electron chi connectivity index (χ2n) is 3.34. The highest BCUT2D eigenvalue weighted by Crippen LogP contribution is 2.30. The maximum absolute atomic E-state index is 13.2. The average molecular weight is 285 g/mol. The molecule has 0 amide bonds. The van der Waals surface area contributed by atoms with Crippen LogP contribution in [0.4, 0.5) is 30.7 Å². The molecule has 102 valence electrons. The van der Waals surface area contributed by atoms with E-state index in [1.165, 1.54) is 0 Å². The lowest BCUT2D eigenvalue weighted by Gasteiger charge is -2.06. The van der Waals surface area contributed by atoms with Gasteiger partial charge in [0.25, 0.3) is 11.9 Å². The predicted molar refractivity (Wildman–Crippen MR) is 46.2 cm³/mol. The van der Waals surface area contributed by atoms with Gasteiger partial charge in [0.15, 0.2) is 0 Å². The molecule has 0 saturated carbocycles. The molecule has 0 spiro atoms. The minimum Gasteiger partial charge on any atom is -0.234 e. The number of hydrogen-bond donors (Lipinski definition) is 0. The Bertz CT molecular complexity index is 605. The van der Waals surface area contributed by atoms with Gasteiger partial charge < -0.3 is 0 Å². The van der Waals surface area contributed by atoms with Gasteiger partial charge in [0.05, 0.1) is 11.8 Å². The summed E-state index contributed by atoms with van der Waals surface area (Å²) in [6.07, 6.45) is -4.36. The number of alkyl halides is 3. The van der Waals surface area contributed by atoms with Crippen molar-refractivity contribution in [3.05, 3.63) is 41.5 Å². The molecule has 0 aliphatic carbocycles. The Kier molecular flexibility index (Phi) is 2.95. The normalized spacial score (nSPS) is 11.9. The van der Waals surface area contributed by atoms with E-state index < -0.39 is 41.0 Å². The molecule has 0 saturated heterocycles. The SMILES string of the molecule is Fc1nc(F)c(F)c(-n2cc(C(F)(F)F)cn2)c1F. The average Bonchev–Trinajstić information content (AvgIpc) is 2.76. The molecule has 0 fully saturated rings. The van der Waals surface area contributed by atoms with Crippen molar-refractivity contribution >= 4 is 0 Å². The first-order valence-electron chi connectivity index (χ1n) is 4.54. The Morgan fingerprint density at radius 3 is 1.89 bits per heavy atom. The van der Waals surface area contributed by atoms with Crippen LogP contribution in [0.5, 0.6) is 0 Å². The van der Waals surface area contributed by atoms with Gasteiger partial charge in [0.2, 0.25) is 11.6 Å². The highest BCUT2D eigenvalue weighted by molar-refractivity contribution is 5.34. The van der Waals surface area contributed by atoms with E-state index >= 15 is 0 Å². The van der Waals surface area contributed by atoms with Gasteiger partial charge in [-0.3, -0.25) is 0 Å². The van der Waals surface area contributed by atoms with E-state index in [4.69, 9.17) is 0 Å². The summed E-state index contributed by atoms with van der Waals surface area (Å²) in [7, 11) is 0. The fraction of sp³-hybridized carbons (Fsp3) is 0.111. The molecule has 0 unspecified atom stereocenters. The summed E-state index contributed by atoms with van der Waals surface area (Å²) in [6, 6.07) is 0. The van der Waals surface area contributed by atoms with Crippen molar-refractivity contribution in [1.29, 1.82) is 0 Å². The van der Waals surface area contributed by atoms with Gasteiger partial charge in [-0.1, -0.05) is 0 Å². The summed E-state index contributed by atoms with van der Waals surface area (Å²) in [6.45, 7) is 0. The fourth-order valence-corrected chi connectivity index (χ4v) is 1.27. The van der Waals surface area contributed by atoms with Crippen molar-refractivity contribution in [2.75, 3.05) is 0 Å². The maximum atomic E-state index is 13.2. The molecule has 2 heterocycles.